The third kappa shape index (κ3) is 3.95. The lowest BCUT2D eigenvalue weighted by molar-refractivity contribution is -0.117. The van der Waals surface area contributed by atoms with Crippen molar-refractivity contribution in [3.05, 3.63) is 52.2 Å². The van der Waals surface area contributed by atoms with E-state index < -0.39 is 0 Å². The molecule has 3 rings (SSSR count). The highest BCUT2D eigenvalue weighted by atomic mass is 32.1. The third-order valence-electron chi connectivity index (χ3n) is 4.38. The largest absolute Gasteiger partial charge is 0.315 e. The Morgan fingerprint density at radius 3 is 3.04 bits per heavy atom. The molecule has 0 aliphatic carbocycles. The van der Waals surface area contributed by atoms with Crippen molar-refractivity contribution in [2.24, 2.45) is 0 Å². The number of nitriles is 1. The van der Waals surface area contributed by atoms with Gasteiger partial charge in [0.05, 0.1) is 12.1 Å². The molecule has 1 N–H and O–H groups in total. The van der Waals surface area contributed by atoms with E-state index in [2.05, 4.69) is 27.3 Å². The Balaban J connectivity index is 1.64. The summed E-state index contributed by atoms with van der Waals surface area (Å²) in [5.74, 6) is -0.0785. The van der Waals surface area contributed by atoms with Crippen molar-refractivity contribution in [3.8, 4) is 6.07 Å². The van der Waals surface area contributed by atoms with E-state index in [4.69, 9.17) is 0 Å². The summed E-state index contributed by atoms with van der Waals surface area (Å²) >= 11 is 1.46. The maximum absolute atomic E-state index is 12.4. The van der Waals surface area contributed by atoms with Gasteiger partial charge >= 0.3 is 0 Å². The van der Waals surface area contributed by atoms with E-state index in [9.17, 15) is 10.1 Å². The molecule has 25 heavy (non-hydrogen) atoms. The van der Waals surface area contributed by atoms with E-state index in [1.165, 1.54) is 16.9 Å². The van der Waals surface area contributed by atoms with Crippen molar-refractivity contribution in [2.45, 2.75) is 20.3 Å². The molecular weight excluding hydrogens is 332 g/mol. The molecule has 128 valence electrons. The molecule has 1 amide bonds. The quantitative estimate of drug-likeness (QED) is 0.916. The summed E-state index contributed by atoms with van der Waals surface area (Å²) in [6.45, 7) is 5.78. The average Bonchev–Trinajstić information content (AvgIpc) is 2.89. The molecule has 0 spiro atoms. The second-order valence-electron chi connectivity index (χ2n) is 6.12. The van der Waals surface area contributed by atoms with Crippen molar-refractivity contribution in [2.75, 3.05) is 25.0 Å². The summed E-state index contributed by atoms with van der Waals surface area (Å²) in [6, 6.07) is 6.15. The standard InChI is InChI=1S/C19H20N4OS/c1-13-14(2)25-19(17(13)9-20)22-18(24)12-23-8-4-6-16(11-23)15-5-3-7-21-10-15/h3,5-7,10H,4,8,11-12H2,1-2H3,(H,22,24). The number of aryl methyl sites for hydroxylation is 1. The van der Waals surface area contributed by atoms with Crippen molar-refractivity contribution < 1.29 is 4.79 Å². The lowest BCUT2D eigenvalue weighted by Crippen LogP contribution is -2.36. The first kappa shape index (κ1) is 17.3. The molecular formula is C19H20N4OS. The van der Waals surface area contributed by atoms with Gasteiger partial charge in [0.2, 0.25) is 5.91 Å². The third-order valence-corrected chi connectivity index (χ3v) is 5.50. The van der Waals surface area contributed by atoms with Crippen LogP contribution in [0.15, 0.2) is 30.6 Å². The highest BCUT2D eigenvalue weighted by Gasteiger charge is 2.19. The Labute approximate surface area is 151 Å². The molecule has 0 unspecified atom stereocenters. The number of pyridine rings is 1. The SMILES string of the molecule is Cc1sc(NC(=O)CN2CCC=C(c3cccnc3)C2)c(C#N)c1C. The molecule has 1 aliphatic rings. The number of carbonyl (C=O) groups excluding carboxylic acids is 1. The number of hydrogen-bond donors (Lipinski definition) is 1. The summed E-state index contributed by atoms with van der Waals surface area (Å²) < 4.78 is 0. The van der Waals surface area contributed by atoms with Crippen LogP contribution in [0.5, 0.6) is 0 Å². The fraction of sp³-hybridized carbons (Fsp3) is 0.316. The normalized spacial score (nSPS) is 14.7. The Morgan fingerprint density at radius 1 is 1.48 bits per heavy atom. The first-order chi connectivity index (χ1) is 12.1. The minimum Gasteiger partial charge on any atom is -0.315 e. The van der Waals surface area contributed by atoms with Crippen LogP contribution in [0.1, 0.15) is 28.0 Å². The summed E-state index contributed by atoms with van der Waals surface area (Å²) in [5, 5.41) is 12.9. The van der Waals surface area contributed by atoms with Crippen LogP contribution < -0.4 is 5.32 Å². The van der Waals surface area contributed by atoms with Crippen molar-refractivity contribution in [1.29, 1.82) is 5.26 Å². The van der Waals surface area contributed by atoms with Gasteiger partial charge in [0.25, 0.3) is 0 Å². The maximum atomic E-state index is 12.4. The van der Waals surface area contributed by atoms with Gasteiger partial charge < -0.3 is 5.32 Å². The minimum absolute atomic E-state index is 0.0785. The fourth-order valence-corrected chi connectivity index (χ4v) is 3.95. The van der Waals surface area contributed by atoms with Gasteiger partial charge in [-0.1, -0.05) is 12.1 Å². The van der Waals surface area contributed by atoms with Crippen LogP contribution in [0.4, 0.5) is 5.00 Å². The van der Waals surface area contributed by atoms with Gasteiger partial charge in [0.15, 0.2) is 0 Å². The molecule has 6 heteroatoms. The van der Waals surface area contributed by atoms with Crippen molar-refractivity contribution in [1.82, 2.24) is 9.88 Å². The molecule has 0 radical (unpaired) electrons. The summed E-state index contributed by atoms with van der Waals surface area (Å²) in [4.78, 5) is 19.8. The van der Waals surface area contributed by atoms with Crippen LogP contribution in [0.2, 0.25) is 0 Å². The zero-order chi connectivity index (χ0) is 17.8. The second-order valence-corrected chi connectivity index (χ2v) is 7.34. The number of hydrogen-bond acceptors (Lipinski definition) is 5. The van der Waals surface area contributed by atoms with E-state index in [1.807, 2.05) is 32.2 Å². The topological polar surface area (TPSA) is 69.0 Å². The van der Waals surface area contributed by atoms with Gasteiger partial charge in [-0.3, -0.25) is 14.7 Å². The second kappa shape index (κ2) is 7.60. The minimum atomic E-state index is -0.0785. The van der Waals surface area contributed by atoms with Gasteiger partial charge in [-0.2, -0.15) is 5.26 Å². The van der Waals surface area contributed by atoms with Gasteiger partial charge in [-0.05, 0) is 43.0 Å². The molecule has 0 fully saturated rings. The first-order valence-electron chi connectivity index (χ1n) is 8.20. The van der Waals surface area contributed by atoms with Crippen LogP contribution in [0.25, 0.3) is 5.57 Å². The zero-order valence-electron chi connectivity index (χ0n) is 14.4. The lowest BCUT2D eigenvalue weighted by atomic mass is 10.0. The van der Waals surface area contributed by atoms with E-state index in [0.29, 0.717) is 17.1 Å². The molecule has 0 bridgehead atoms. The summed E-state index contributed by atoms with van der Waals surface area (Å²) in [5.41, 5.74) is 3.82. The molecule has 1 aliphatic heterocycles. The van der Waals surface area contributed by atoms with Crippen LogP contribution >= 0.6 is 11.3 Å². The number of anilines is 1. The number of rotatable bonds is 4. The lowest BCUT2D eigenvalue weighted by Gasteiger charge is -2.26. The number of carbonyl (C=O) groups is 1. The molecule has 3 heterocycles. The number of aromatic nitrogens is 1. The summed E-state index contributed by atoms with van der Waals surface area (Å²) in [6.07, 6.45) is 6.74. The van der Waals surface area contributed by atoms with Crippen LogP contribution in [0.3, 0.4) is 0 Å². The van der Waals surface area contributed by atoms with Gasteiger partial charge in [-0.15, -0.1) is 11.3 Å². The fourth-order valence-electron chi connectivity index (χ4n) is 2.92. The van der Waals surface area contributed by atoms with Crippen LogP contribution in [-0.2, 0) is 4.79 Å². The van der Waals surface area contributed by atoms with E-state index in [1.54, 1.807) is 6.20 Å². The van der Waals surface area contributed by atoms with E-state index in [0.717, 1.165) is 35.5 Å². The highest BCUT2D eigenvalue weighted by Crippen LogP contribution is 2.31. The molecule has 0 saturated carbocycles. The van der Waals surface area contributed by atoms with Gasteiger partial charge in [0, 0.05) is 30.4 Å². The number of nitrogens with one attached hydrogen (secondary N) is 1. The molecule has 2 aromatic rings. The Morgan fingerprint density at radius 2 is 2.32 bits per heavy atom. The Bertz CT molecular complexity index is 848. The molecule has 5 nitrogen and oxygen atoms in total. The van der Waals surface area contributed by atoms with E-state index >= 15 is 0 Å². The van der Waals surface area contributed by atoms with Crippen LogP contribution in [-0.4, -0.2) is 35.4 Å². The number of amides is 1. The predicted molar refractivity (Wildman–Crippen MR) is 100 cm³/mol. The predicted octanol–water partition coefficient (Wildman–Crippen LogP) is 3.36. The molecule has 0 atom stereocenters. The number of nitrogens with zero attached hydrogens (tertiary/aromatic N) is 3. The van der Waals surface area contributed by atoms with Gasteiger partial charge in [0.1, 0.15) is 11.1 Å². The van der Waals surface area contributed by atoms with Crippen molar-refractivity contribution in [3.63, 3.8) is 0 Å². The maximum Gasteiger partial charge on any atom is 0.239 e. The smallest absolute Gasteiger partial charge is 0.239 e. The molecule has 2 aromatic heterocycles. The zero-order valence-corrected chi connectivity index (χ0v) is 15.2. The van der Waals surface area contributed by atoms with Crippen molar-refractivity contribution >= 4 is 27.8 Å². The monoisotopic (exact) mass is 352 g/mol. The molecule has 0 aromatic carbocycles. The van der Waals surface area contributed by atoms with Gasteiger partial charge in [-0.25, -0.2) is 0 Å². The van der Waals surface area contributed by atoms with Crippen LogP contribution in [0, 0.1) is 25.2 Å². The highest BCUT2D eigenvalue weighted by molar-refractivity contribution is 7.16. The first-order valence-corrected chi connectivity index (χ1v) is 9.02. The van der Waals surface area contributed by atoms with E-state index in [-0.39, 0.29) is 5.91 Å². The number of thiophene rings is 1. The Kier molecular flexibility index (Phi) is 5.27. The average molecular weight is 352 g/mol. The molecule has 0 saturated heterocycles. The summed E-state index contributed by atoms with van der Waals surface area (Å²) in [7, 11) is 0. The Hall–Kier alpha value is -2.49.